The van der Waals surface area contributed by atoms with E-state index in [1.54, 1.807) is 18.5 Å². The molecule has 0 atom stereocenters. The largest absolute Gasteiger partial charge is 0.392 e. The van der Waals surface area contributed by atoms with E-state index in [2.05, 4.69) is 25.8 Å². The number of hydrogen-bond donors (Lipinski definition) is 4. The summed E-state index contributed by atoms with van der Waals surface area (Å²) in [6.07, 6.45) is 7.00. The Bertz CT molecular complexity index is 1590. The maximum Gasteiger partial charge on any atom is 0.254 e. The van der Waals surface area contributed by atoms with Gasteiger partial charge < -0.3 is 15.7 Å². The fourth-order valence-electron chi connectivity index (χ4n) is 4.27. The Hall–Kier alpha value is -4.57. The Kier molecular flexibility index (Phi) is 5.85. The number of imidazole rings is 1. The lowest BCUT2D eigenvalue weighted by Crippen LogP contribution is -2.26. The van der Waals surface area contributed by atoms with E-state index in [-0.39, 0.29) is 18.2 Å². The average Bonchev–Trinajstić information content (AvgIpc) is 3.38. The summed E-state index contributed by atoms with van der Waals surface area (Å²) in [5, 5.41) is 22.9. The van der Waals surface area contributed by atoms with E-state index in [1.807, 2.05) is 40.9 Å². The molecule has 0 bridgehead atoms. The fourth-order valence-corrected chi connectivity index (χ4v) is 4.27. The number of nitrogens with one attached hydrogen (secondary N) is 3. The number of amides is 1. The number of benzene rings is 2. The van der Waals surface area contributed by atoms with Gasteiger partial charge in [0.15, 0.2) is 11.5 Å². The number of fused-ring (bicyclic) bond motifs is 1. The number of halogens is 1. The number of rotatable bonds is 8. The van der Waals surface area contributed by atoms with Crippen LogP contribution in [0.5, 0.6) is 0 Å². The van der Waals surface area contributed by atoms with Crippen LogP contribution in [0.15, 0.2) is 67.1 Å². The molecule has 3 aromatic heterocycles. The van der Waals surface area contributed by atoms with Crippen molar-refractivity contribution in [3.8, 4) is 22.5 Å². The highest BCUT2D eigenvalue weighted by Gasteiger charge is 2.25. The van der Waals surface area contributed by atoms with Crippen LogP contribution in [0.1, 0.15) is 34.5 Å². The molecule has 1 aliphatic carbocycles. The minimum Gasteiger partial charge on any atom is -0.392 e. The van der Waals surface area contributed by atoms with Crippen molar-refractivity contribution in [2.24, 2.45) is 0 Å². The van der Waals surface area contributed by atoms with E-state index in [9.17, 15) is 9.90 Å². The number of carbonyl (C=O) groups excluding carboxylic acids is 1. The van der Waals surface area contributed by atoms with Crippen molar-refractivity contribution >= 4 is 17.4 Å². The van der Waals surface area contributed by atoms with Crippen LogP contribution in [0.3, 0.4) is 0 Å². The predicted octanol–water partition coefficient (Wildman–Crippen LogP) is 3.92. The van der Waals surface area contributed by atoms with E-state index in [1.165, 1.54) is 12.1 Å². The zero-order valence-electron chi connectivity index (χ0n) is 19.8. The lowest BCUT2D eigenvalue weighted by atomic mass is 10.1. The molecule has 37 heavy (non-hydrogen) atoms. The first-order chi connectivity index (χ1) is 18.1. The van der Waals surface area contributed by atoms with E-state index in [0.717, 1.165) is 29.7 Å². The van der Waals surface area contributed by atoms with Gasteiger partial charge in [0, 0.05) is 29.6 Å². The molecule has 186 valence electrons. The summed E-state index contributed by atoms with van der Waals surface area (Å²) in [4.78, 5) is 21.8. The SMILES string of the molecule is O=C(NC1CC1)c1ccc(-c2cnc3c(NCc4ccn[nH]4)nc(-c4ccccc4CO)cn23)cc1F. The molecule has 0 radical (unpaired) electrons. The lowest BCUT2D eigenvalue weighted by Gasteiger charge is -2.13. The monoisotopic (exact) mass is 497 g/mol. The molecule has 10 heteroatoms. The number of aliphatic hydroxyl groups excluding tert-OH is 1. The van der Waals surface area contributed by atoms with Gasteiger partial charge >= 0.3 is 0 Å². The van der Waals surface area contributed by atoms with Gasteiger partial charge in [0.2, 0.25) is 0 Å². The molecule has 0 saturated heterocycles. The first kappa shape index (κ1) is 22.9. The third-order valence-corrected chi connectivity index (χ3v) is 6.38. The van der Waals surface area contributed by atoms with Crippen molar-refractivity contribution in [1.29, 1.82) is 0 Å². The first-order valence-corrected chi connectivity index (χ1v) is 12.0. The highest BCUT2D eigenvalue weighted by atomic mass is 19.1. The molecule has 1 amide bonds. The maximum atomic E-state index is 15.0. The number of aliphatic hydroxyl groups is 1. The second kappa shape index (κ2) is 9.47. The second-order valence-corrected chi connectivity index (χ2v) is 9.00. The first-order valence-electron chi connectivity index (χ1n) is 12.0. The highest BCUT2D eigenvalue weighted by molar-refractivity contribution is 5.95. The Labute approximate surface area is 211 Å². The minimum absolute atomic E-state index is 0.0191. The summed E-state index contributed by atoms with van der Waals surface area (Å²) in [5.74, 6) is -0.475. The number of aromatic amines is 1. The normalized spacial score (nSPS) is 13.1. The van der Waals surface area contributed by atoms with Gasteiger partial charge in [-0.25, -0.2) is 14.4 Å². The van der Waals surface area contributed by atoms with Crippen molar-refractivity contribution < 1.29 is 14.3 Å². The molecule has 0 aliphatic heterocycles. The van der Waals surface area contributed by atoms with E-state index in [4.69, 9.17) is 4.98 Å². The lowest BCUT2D eigenvalue weighted by molar-refractivity contribution is 0.0947. The Morgan fingerprint density at radius 2 is 2.05 bits per heavy atom. The Morgan fingerprint density at radius 1 is 1.19 bits per heavy atom. The molecule has 0 spiro atoms. The molecule has 1 aliphatic rings. The van der Waals surface area contributed by atoms with E-state index in [0.29, 0.717) is 35.0 Å². The van der Waals surface area contributed by atoms with Gasteiger partial charge in [0.05, 0.1) is 42.0 Å². The molecule has 9 nitrogen and oxygen atoms in total. The smallest absolute Gasteiger partial charge is 0.254 e. The molecule has 4 N–H and O–H groups in total. The number of hydrogen-bond acceptors (Lipinski definition) is 6. The molecule has 5 aromatic rings. The standard InChI is InChI=1S/C27H24FN7O2/c28-22-11-16(5-8-21(22)27(37)32-18-6-7-18)24-13-30-26-25(29-12-19-9-10-31-34-19)33-23(14-35(24)26)20-4-2-1-3-17(20)15-36/h1-5,8-11,13-14,18,36H,6-7,12,15H2,(H,29,33)(H,31,34)(H,32,37). The molecule has 1 fully saturated rings. The summed E-state index contributed by atoms with van der Waals surface area (Å²) in [6, 6.07) is 14.0. The van der Waals surface area contributed by atoms with Gasteiger partial charge in [-0.15, -0.1) is 0 Å². The maximum absolute atomic E-state index is 15.0. The number of carbonyl (C=O) groups is 1. The van der Waals surface area contributed by atoms with Gasteiger partial charge in [0.1, 0.15) is 5.82 Å². The minimum atomic E-state index is -0.594. The molecular weight excluding hydrogens is 473 g/mol. The van der Waals surface area contributed by atoms with Crippen molar-refractivity contribution in [2.45, 2.75) is 32.0 Å². The molecule has 0 unspecified atom stereocenters. The number of anilines is 1. The number of H-pyrrole nitrogens is 1. The van der Waals surface area contributed by atoms with Crippen LogP contribution in [0, 0.1) is 5.82 Å². The molecule has 1 saturated carbocycles. The fraction of sp³-hybridized carbons (Fsp3) is 0.185. The van der Waals surface area contributed by atoms with Crippen molar-refractivity contribution in [3.05, 3.63) is 89.8 Å². The summed E-state index contributed by atoms with van der Waals surface area (Å²) in [6.45, 7) is 0.300. The molecule has 2 aromatic carbocycles. The second-order valence-electron chi connectivity index (χ2n) is 9.00. The molecule has 3 heterocycles. The molecule has 6 rings (SSSR count). The van der Waals surface area contributed by atoms with Crippen LogP contribution < -0.4 is 10.6 Å². The van der Waals surface area contributed by atoms with E-state index >= 15 is 4.39 Å². The average molecular weight is 498 g/mol. The van der Waals surface area contributed by atoms with Crippen molar-refractivity contribution in [1.82, 2.24) is 29.9 Å². The van der Waals surface area contributed by atoms with Crippen molar-refractivity contribution in [3.63, 3.8) is 0 Å². The Balaban J connectivity index is 1.44. The summed E-state index contributed by atoms with van der Waals surface area (Å²) >= 11 is 0. The van der Waals surface area contributed by atoms with Gasteiger partial charge in [-0.3, -0.25) is 14.3 Å². The number of nitrogens with zero attached hydrogens (tertiary/aromatic N) is 4. The van der Waals surface area contributed by atoms with Gasteiger partial charge in [-0.2, -0.15) is 5.10 Å². The van der Waals surface area contributed by atoms with Gasteiger partial charge in [0.25, 0.3) is 5.91 Å². The van der Waals surface area contributed by atoms with Crippen LogP contribution in [-0.2, 0) is 13.2 Å². The van der Waals surface area contributed by atoms with Gasteiger partial charge in [-0.1, -0.05) is 30.3 Å². The quantitative estimate of drug-likeness (QED) is 0.258. The van der Waals surface area contributed by atoms with Crippen LogP contribution in [-0.4, -0.2) is 41.6 Å². The van der Waals surface area contributed by atoms with E-state index < -0.39 is 11.7 Å². The summed E-state index contributed by atoms with van der Waals surface area (Å²) in [7, 11) is 0. The zero-order chi connectivity index (χ0) is 25.4. The van der Waals surface area contributed by atoms with Crippen molar-refractivity contribution in [2.75, 3.05) is 5.32 Å². The summed E-state index contributed by atoms with van der Waals surface area (Å²) in [5.41, 5.74) is 4.76. The van der Waals surface area contributed by atoms with Gasteiger partial charge in [-0.05, 0) is 36.6 Å². The van der Waals surface area contributed by atoms with Crippen LogP contribution >= 0.6 is 0 Å². The van der Waals surface area contributed by atoms with Crippen LogP contribution in [0.25, 0.3) is 28.2 Å². The topological polar surface area (TPSA) is 120 Å². The number of aromatic nitrogens is 5. The zero-order valence-corrected chi connectivity index (χ0v) is 19.8. The highest BCUT2D eigenvalue weighted by Crippen LogP contribution is 2.30. The predicted molar refractivity (Wildman–Crippen MR) is 136 cm³/mol. The van der Waals surface area contributed by atoms with Crippen LogP contribution in [0.4, 0.5) is 10.2 Å². The third kappa shape index (κ3) is 4.54. The van der Waals surface area contributed by atoms with Crippen LogP contribution in [0.2, 0.25) is 0 Å². The Morgan fingerprint density at radius 3 is 2.81 bits per heavy atom. The third-order valence-electron chi connectivity index (χ3n) is 6.38. The molecular formula is C27H24FN7O2. The summed E-state index contributed by atoms with van der Waals surface area (Å²) < 4.78 is 16.8.